The predicted octanol–water partition coefficient (Wildman–Crippen LogP) is 2.44. The number of pyridine rings is 1. The first-order valence-electron chi connectivity index (χ1n) is 7.22. The first-order chi connectivity index (χ1) is 10.3. The fourth-order valence-corrected chi connectivity index (χ4v) is 2.27. The van der Waals surface area contributed by atoms with E-state index in [0.717, 1.165) is 12.1 Å². The zero-order chi connectivity index (χ0) is 16.5. The number of carbonyl (C=O) groups excluding carboxylic acids is 3. The van der Waals surface area contributed by atoms with Crippen molar-refractivity contribution >= 4 is 17.5 Å². The number of nitrogens with zero attached hydrogens (tertiary/aromatic N) is 1. The number of rotatable bonds is 5. The molecular weight excluding hydrogens is 282 g/mol. The minimum atomic E-state index is -0.796. The Kier molecular flexibility index (Phi) is 4.26. The number of ether oxygens (including phenoxy) is 1. The number of cyclic esters (lactones) is 1. The van der Waals surface area contributed by atoms with Crippen LogP contribution in [-0.4, -0.2) is 28.1 Å². The van der Waals surface area contributed by atoms with Gasteiger partial charge in [0.05, 0.1) is 6.42 Å². The van der Waals surface area contributed by atoms with Crippen LogP contribution in [0.15, 0.2) is 29.5 Å². The van der Waals surface area contributed by atoms with Gasteiger partial charge in [0, 0.05) is 17.5 Å². The molecular formula is C17H19NO4. The molecule has 0 aromatic carbocycles. The molecule has 1 aromatic heterocycles. The van der Waals surface area contributed by atoms with E-state index in [9.17, 15) is 14.4 Å². The van der Waals surface area contributed by atoms with Gasteiger partial charge in [-0.2, -0.15) is 0 Å². The summed E-state index contributed by atoms with van der Waals surface area (Å²) >= 11 is 0. The van der Waals surface area contributed by atoms with E-state index in [1.165, 1.54) is 6.20 Å². The Balaban J connectivity index is 2.16. The number of hydrogen-bond donors (Lipinski definition) is 0. The second-order valence-corrected chi connectivity index (χ2v) is 5.81. The van der Waals surface area contributed by atoms with Crippen molar-refractivity contribution in [2.75, 3.05) is 0 Å². The third-order valence-electron chi connectivity index (χ3n) is 3.94. The molecule has 0 atom stereocenters. The standard InChI is InChI=1S/C17H19NO4/c1-5-12-7-6-11(9-18-12)13(19)8-14(20)15-10(2)17(3,4)22-16(15)21/h6-7,9H,5,8H2,1-4H3. The van der Waals surface area contributed by atoms with Crippen LogP contribution in [0.3, 0.4) is 0 Å². The molecule has 0 amide bonds. The fourth-order valence-electron chi connectivity index (χ4n) is 2.27. The molecule has 0 saturated heterocycles. The van der Waals surface area contributed by atoms with Crippen LogP contribution < -0.4 is 0 Å². The Morgan fingerprint density at radius 3 is 2.36 bits per heavy atom. The number of esters is 1. The van der Waals surface area contributed by atoms with Gasteiger partial charge < -0.3 is 4.74 Å². The molecule has 0 aliphatic carbocycles. The van der Waals surface area contributed by atoms with Crippen LogP contribution in [0.25, 0.3) is 0 Å². The van der Waals surface area contributed by atoms with Gasteiger partial charge >= 0.3 is 5.97 Å². The van der Waals surface area contributed by atoms with Gasteiger partial charge in [-0.05, 0) is 44.9 Å². The summed E-state index contributed by atoms with van der Waals surface area (Å²) in [5, 5.41) is 0. The highest BCUT2D eigenvalue weighted by Crippen LogP contribution is 2.32. The molecule has 1 aromatic rings. The zero-order valence-corrected chi connectivity index (χ0v) is 13.2. The van der Waals surface area contributed by atoms with E-state index in [1.54, 1.807) is 32.9 Å². The lowest BCUT2D eigenvalue weighted by atomic mass is 9.93. The van der Waals surface area contributed by atoms with Crippen LogP contribution in [0.5, 0.6) is 0 Å². The lowest BCUT2D eigenvalue weighted by Gasteiger charge is -2.17. The molecule has 0 radical (unpaired) electrons. The Hall–Kier alpha value is -2.30. The summed E-state index contributed by atoms with van der Waals surface area (Å²) in [6, 6.07) is 3.41. The largest absolute Gasteiger partial charge is 0.451 e. The molecule has 0 bridgehead atoms. The van der Waals surface area contributed by atoms with Crippen molar-refractivity contribution in [1.82, 2.24) is 4.98 Å². The smallest absolute Gasteiger partial charge is 0.342 e. The third-order valence-corrected chi connectivity index (χ3v) is 3.94. The molecule has 1 aliphatic heterocycles. The van der Waals surface area contributed by atoms with Gasteiger partial charge in [0.25, 0.3) is 0 Å². The van der Waals surface area contributed by atoms with Crippen LogP contribution in [-0.2, 0) is 20.7 Å². The molecule has 5 nitrogen and oxygen atoms in total. The second-order valence-electron chi connectivity index (χ2n) is 5.81. The Morgan fingerprint density at radius 1 is 1.23 bits per heavy atom. The van der Waals surface area contributed by atoms with Crippen molar-refractivity contribution < 1.29 is 19.1 Å². The van der Waals surface area contributed by atoms with Crippen molar-refractivity contribution in [2.24, 2.45) is 0 Å². The maximum absolute atomic E-state index is 12.3. The number of aromatic nitrogens is 1. The molecule has 0 unspecified atom stereocenters. The van der Waals surface area contributed by atoms with Gasteiger partial charge in [0.15, 0.2) is 11.6 Å². The summed E-state index contributed by atoms with van der Waals surface area (Å²) in [6.07, 6.45) is 1.89. The van der Waals surface area contributed by atoms with Crippen molar-refractivity contribution in [2.45, 2.75) is 46.1 Å². The highest BCUT2D eigenvalue weighted by atomic mass is 16.6. The summed E-state index contributed by atoms with van der Waals surface area (Å²) in [4.78, 5) is 40.4. The van der Waals surface area contributed by atoms with E-state index >= 15 is 0 Å². The maximum Gasteiger partial charge on any atom is 0.342 e. The number of hydrogen-bond acceptors (Lipinski definition) is 5. The molecule has 0 spiro atoms. The van der Waals surface area contributed by atoms with Crippen LogP contribution in [0.2, 0.25) is 0 Å². The van der Waals surface area contributed by atoms with Gasteiger partial charge in [0.1, 0.15) is 11.2 Å². The molecule has 22 heavy (non-hydrogen) atoms. The summed E-state index contributed by atoms with van der Waals surface area (Å²) in [5.74, 6) is -1.50. The highest BCUT2D eigenvalue weighted by molar-refractivity contribution is 6.25. The Bertz CT molecular complexity index is 668. The van der Waals surface area contributed by atoms with Crippen LogP contribution in [0.4, 0.5) is 0 Å². The van der Waals surface area contributed by atoms with Crippen molar-refractivity contribution in [3.8, 4) is 0 Å². The van der Waals surface area contributed by atoms with E-state index < -0.39 is 17.4 Å². The molecule has 0 saturated carbocycles. The lowest BCUT2D eigenvalue weighted by Crippen LogP contribution is -2.21. The van der Waals surface area contributed by atoms with E-state index in [-0.39, 0.29) is 17.8 Å². The number of aryl methyl sites for hydroxylation is 1. The van der Waals surface area contributed by atoms with Gasteiger partial charge in [-0.25, -0.2) is 4.79 Å². The average Bonchev–Trinajstić information content (AvgIpc) is 2.67. The van der Waals surface area contributed by atoms with Crippen LogP contribution in [0, 0.1) is 0 Å². The van der Waals surface area contributed by atoms with Crippen LogP contribution in [0.1, 0.15) is 50.2 Å². The second kappa shape index (κ2) is 5.83. The first kappa shape index (κ1) is 16.1. The van der Waals surface area contributed by atoms with E-state index in [1.807, 2.05) is 6.92 Å². The lowest BCUT2D eigenvalue weighted by molar-refractivity contribution is -0.145. The molecule has 1 aliphatic rings. The first-order valence-corrected chi connectivity index (χ1v) is 7.22. The van der Waals surface area contributed by atoms with E-state index in [0.29, 0.717) is 11.1 Å². The normalized spacial score (nSPS) is 16.6. The fraction of sp³-hybridized carbons (Fsp3) is 0.412. The number of ketones is 2. The minimum Gasteiger partial charge on any atom is -0.451 e. The SMILES string of the molecule is CCc1ccc(C(=O)CC(=O)C2=C(C)C(C)(C)OC2=O)cn1. The molecule has 2 heterocycles. The van der Waals surface area contributed by atoms with Crippen molar-refractivity contribution in [3.63, 3.8) is 0 Å². The third kappa shape index (κ3) is 2.98. The van der Waals surface area contributed by atoms with Gasteiger partial charge in [0.2, 0.25) is 0 Å². The zero-order valence-electron chi connectivity index (χ0n) is 13.2. The van der Waals surface area contributed by atoms with E-state index in [2.05, 4.69) is 4.98 Å². The Labute approximate surface area is 129 Å². The molecule has 0 N–H and O–H groups in total. The predicted molar refractivity (Wildman–Crippen MR) is 80.4 cm³/mol. The summed E-state index contributed by atoms with van der Waals surface area (Å²) in [7, 11) is 0. The summed E-state index contributed by atoms with van der Waals surface area (Å²) < 4.78 is 5.15. The quantitative estimate of drug-likeness (QED) is 0.361. The number of Topliss-reactive ketones (excluding diaryl/α,β-unsaturated/α-hetero) is 2. The van der Waals surface area contributed by atoms with Gasteiger partial charge in [-0.1, -0.05) is 6.92 Å². The Morgan fingerprint density at radius 2 is 1.91 bits per heavy atom. The van der Waals surface area contributed by atoms with Gasteiger partial charge in [-0.3, -0.25) is 14.6 Å². The average molecular weight is 301 g/mol. The van der Waals surface area contributed by atoms with Crippen molar-refractivity contribution in [1.29, 1.82) is 0 Å². The summed E-state index contributed by atoms with van der Waals surface area (Å²) in [6.45, 7) is 7.09. The molecule has 5 heteroatoms. The topological polar surface area (TPSA) is 73.3 Å². The molecule has 116 valence electrons. The summed E-state index contributed by atoms with van der Waals surface area (Å²) in [5.41, 5.74) is 1.01. The van der Waals surface area contributed by atoms with Crippen LogP contribution >= 0.6 is 0 Å². The highest BCUT2D eigenvalue weighted by Gasteiger charge is 2.41. The number of carbonyl (C=O) groups is 3. The maximum atomic E-state index is 12.3. The minimum absolute atomic E-state index is 0.00325. The molecule has 2 rings (SSSR count). The van der Waals surface area contributed by atoms with E-state index in [4.69, 9.17) is 4.74 Å². The van der Waals surface area contributed by atoms with Crippen molar-refractivity contribution in [3.05, 3.63) is 40.7 Å². The van der Waals surface area contributed by atoms with Gasteiger partial charge in [-0.15, -0.1) is 0 Å². The monoisotopic (exact) mass is 301 g/mol. The molecule has 0 fully saturated rings.